The first-order valence-corrected chi connectivity index (χ1v) is 8.98. The fourth-order valence-corrected chi connectivity index (χ4v) is 3.22. The minimum Gasteiger partial charge on any atom is -0.492 e. The lowest BCUT2D eigenvalue weighted by atomic mass is 10.1. The van der Waals surface area contributed by atoms with Crippen LogP contribution in [0.3, 0.4) is 0 Å². The van der Waals surface area contributed by atoms with Crippen LogP contribution in [0, 0.1) is 0 Å². The van der Waals surface area contributed by atoms with Crippen LogP contribution in [0.25, 0.3) is 0 Å². The highest BCUT2D eigenvalue weighted by atomic mass is 35.5. The van der Waals surface area contributed by atoms with Crippen molar-refractivity contribution in [3.05, 3.63) is 28.8 Å². The fraction of sp³-hybridized carbons (Fsp3) is 0.556. The number of rotatable bonds is 8. The molecule has 26 heavy (non-hydrogen) atoms. The van der Waals surface area contributed by atoms with E-state index >= 15 is 0 Å². The zero-order chi connectivity index (χ0) is 19.1. The number of likely N-dealkylation sites (N-methyl/N-ethyl adjacent to an activating group) is 1. The number of carboxylic acids is 1. The number of carbonyl (C=O) groups is 2. The summed E-state index contributed by atoms with van der Waals surface area (Å²) < 4.78 is 11.2. The maximum atomic E-state index is 12.7. The van der Waals surface area contributed by atoms with Gasteiger partial charge in [-0.25, -0.2) is 0 Å². The van der Waals surface area contributed by atoms with Crippen molar-refractivity contribution in [3.8, 4) is 5.75 Å². The molecule has 144 valence electrons. The molecule has 1 N–H and O–H groups in total. The summed E-state index contributed by atoms with van der Waals surface area (Å²) in [6, 6.07) is 5.38. The number of morpholine rings is 1. The molecule has 0 aromatic heterocycles. The van der Waals surface area contributed by atoms with E-state index in [1.165, 1.54) is 0 Å². The SMILES string of the molecule is CCOc1c(Cl)cccc1CC(=O)N1CCOC(CN(C)CC(=O)O)C1. The van der Waals surface area contributed by atoms with Crippen LogP contribution in [0.2, 0.25) is 5.02 Å². The van der Waals surface area contributed by atoms with Crippen molar-refractivity contribution in [3.63, 3.8) is 0 Å². The van der Waals surface area contributed by atoms with Gasteiger partial charge in [-0.1, -0.05) is 23.7 Å². The first-order valence-electron chi connectivity index (χ1n) is 8.60. The number of carboxylic acid groups (broad SMARTS) is 1. The quantitative estimate of drug-likeness (QED) is 0.732. The molecule has 1 aliphatic rings. The van der Waals surface area contributed by atoms with Crippen LogP contribution in [-0.2, 0) is 20.7 Å². The van der Waals surface area contributed by atoms with Gasteiger partial charge in [0.2, 0.25) is 5.91 Å². The summed E-state index contributed by atoms with van der Waals surface area (Å²) in [5.41, 5.74) is 0.760. The zero-order valence-electron chi connectivity index (χ0n) is 15.1. The number of amides is 1. The van der Waals surface area contributed by atoms with Crippen LogP contribution in [0.5, 0.6) is 5.75 Å². The van der Waals surface area contributed by atoms with Crippen LogP contribution in [0.4, 0.5) is 0 Å². The zero-order valence-corrected chi connectivity index (χ0v) is 15.9. The Bertz CT molecular complexity index is 640. The van der Waals surface area contributed by atoms with Crippen LogP contribution in [0.15, 0.2) is 18.2 Å². The van der Waals surface area contributed by atoms with Crippen molar-refractivity contribution < 1.29 is 24.2 Å². The number of ether oxygens (including phenoxy) is 2. The standard InChI is InChI=1S/C18H25ClN2O5/c1-3-25-18-13(5-4-6-15(18)19)9-16(22)21-7-8-26-14(11-21)10-20(2)12-17(23)24/h4-6,14H,3,7-12H2,1-2H3,(H,23,24). The summed E-state index contributed by atoms with van der Waals surface area (Å²) in [5, 5.41) is 9.33. The highest BCUT2D eigenvalue weighted by molar-refractivity contribution is 6.32. The maximum absolute atomic E-state index is 12.7. The molecule has 1 aromatic rings. The second-order valence-electron chi connectivity index (χ2n) is 6.26. The van der Waals surface area contributed by atoms with E-state index in [9.17, 15) is 9.59 Å². The minimum absolute atomic E-state index is 0.0255. The maximum Gasteiger partial charge on any atom is 0.317 e. The Kier molecular flexibility index (Phi) is 7.68. The molecule has 1 heterocycles. The number of halogens is 1. The normalized spacial score (nSPS) is 17.4. The highest BCUT2D eigenvalue weighted by Gasteiger charge is 2.26. The number of hydrogen-bond donors (Lipinski definition) is 1. The Labute approximate surface area is 158 Å². The topological polar surface area (TPSA) is 79.3 Å². The van der Waals surface area contributed by atoms with E-state index in [0.717, 1.165) is 5.56 Å². The average Bonchev–Trinajstić information content (AvgIpc) is 2.57. The molecule has 2 rings (SSSR count). The summed E-state index contributed by atoms with van der Waals surface area (Å²) in [5.74, 6) is -0.362. The van der Waals surface area contributed by atoms with Gasteiger partial charge < -0.3 is 19.5 Å². The molecule has 1 aliphatic heterocycles. The number of hydrogen-bond acceptors (Lipinski definition) is 5. The third-order valence-corrected chi connectivity index (χ3v) is 4.39. The number of carbonyl (C=O) groups excluding carboxylic acids is 1. The molecule has 0 radical (unpaired) electrons. The summed E-state index contributed by atoms with van der Waals surface area (Å²) in [7, 11) is 1.72. The molecule has 8 heteroatoms. The van der Waals surface area contributed by atoms with Crippen LogP contribution in [-0.4, -0.2) is 79.3 Å². The van der Waals surface area contributed by atoms with E-state index < -0.39 is 5.97 Å². The Morgan fingerprint density at radius 2 is 2.23 bits per heavy atom. The Morgan fingerprint density at radius 3 is 2.92 bits per heavy atom. The summed E-state index contributed by atoms with van der Waals surface area (Å²) in [6.07, 6.45) is -0.00380. The van der Waals surface area contributed by atoms with Crippen molar-refractivity contribution >= 4 is 23.5 Å². The molecule has 1 aromatic carbocycles. The largest absolute Gasteiger partial charge is 0.492 e. The van der Waals surface area contributed by atoms with Crippen molar-refractivity contribution in [1.82, 2.24) is 9.80 Å². The van der Waals surface area contributed by atoms with Gasteiger partial charge in [0.05, 0.1) is 37.3 Å². The summed E-state index contributed by atoms with van der Waals surface area (Å²) in [6.45, 7) is 4.13. The number of aliphatic carboxylic acids is 1. The molecule has 0 spiro atoms. The Morgan fingerprint density at radius 1 is 1.46 bits per heavy atom. The van der Waals surface area contributed by atoms with E-state index in [4.69, 9.17) is 26.2 Å². The first-order chi connectivity index (χ1) is 12.4. The lowest BCUT2D eigenvalue weighted by Gasteiger charge is -2.34. The third kappa shape index (κ3) is 5.86. The van der Waals surface area contributed by atoms with Crippen molar-refractivity contribution in [2.75, 3.05) is 46.4 Å². The van der Waals surface area contributed by atoms with Gasteiger partial charge in [0.25, 0.3) is 0 Å². The Hall–Kier alpha value is -1.83. The lowest BCUT2D eigenvalue weighted by molar-refractivity contribution is -0.142. The average molecular weight is 385 g/mol. The molecule has 1 amide bonds. The molecule has 7 nitrogen and oxygen atoms in total. The predicted octanol–water partition coefficient (Wildman–Crippen LogP) is 1.52. The molecule has 1 saturated heterocycles. The van der Waals surface area contributed by atoms with Gasteiger partial charge in [0.1, 0.15) is 5.75 Å². The highest BCUT2D eigenvalue weighted by Crippen LogP contribution is 2.29. The Balaban J connectivity index is 1.97. The van der Waals surface area contributed by atoms with Crippen molar-refractivity contribution in [2.24, 2.45) is 0 Å². The van der Waals surface area contributed by atoms with E-state index in [1.807, 2.05) is 13.0 Å². The monoisotopic (exact) mass is 384 g/mol. The second kappa shape index (κ2) is 9.75. The van der Waals surface area contributed by atoms with Crippen LogP contribution < -0.4 is 4.74 Å². The molecule has 1 unspecified atom stereocenters. The lowest BCUT2D eigenvalue weighted by Crippen LogP contribution is -2.50. The third-order valence-electron chi connectivity index (χ3n) is 4.09. The fourth-order valence-electron chi connectivity index (χ4n) is 2.97. The first kappa shape index (κ1) is 20.5. The number of nitrogens with zero attached hydrogens (tertiary/aromatic N) is 2. The molecule has 1 atom stereocenters. The van der Waals surface area contributed by atoms with E-state index in [0.29, 0.717) is 43.6 Å². The molecular formula is C18H25ClN2O5. The van der Waals surface area contributed by atoms with Gasteiger partial charge in [-0.15, -0.1) is 0 Å². The van der Waals surface area contributed by atoms with Crippen molar-refractivity contribution in [2.45, 2.75) is 19.4 Å². The molecular weight excluding hydrogens is 360 g/mol. The van der Waals surface area contributed by atoms with E-state index in [-0.39, 0.29) is 25.0 Å². The van der Waals surface area contributed by atoms with Crippen LogP contribution in [0.1, 0.15) is 12.5 Å². The van der Waals surface area contributed by atoms with Gasteiger partial charge in [-0.05, 0) is 20.0 Å². The predicted molar refractivity (Wildman–Crippen MR) is 97.8 cm³/mol. The van der Waals surface area contributed by atoms with Gasteiger partial charge in [0, 0.05) is 25.2 Å². The van der Waals surface area contributed by atoms with Gasteiger partial charge >= 0.3 is 5.97 Å². The molecule has 0 aliphatic carbocycles. The van der Waals surface area contributed by atoms with Gasteiger partial charge in [-0.2, -0.15) is 0 Å². The van der Waals surface area contributed by atoms with E-state index in [1.54, 1.807) is 29.0 Å². The van der Waals surface area contributed by atoms with Gasteiger partial charge in [-0.3, -0.25) is 14.5 Å². The summed E-state index contributed by atoms with van der Waals surface area (Å²) >= 11 is 6.18. The number of para-hydroxylation sites is 1. The smallest absolute Gasteiger partial charge is 0.317 e. The summed E-state index contributed by atoms with van der Waals surface area (Å²) in [4.78, 5) is 26.9. The second-order valence-corrected chi connectivity index (χ2v) is 6.67. The molecule has 0 bridgehead atoms. The van der Waals surface area contributed by atoms with Crippen LogP contribution >= 0.6 is 11.6 Å². The van der Waals surface area contributed by atoms with Crippen molar-refractivity contribution in [1.29, 1.82) is 0 Å². The van der Waals surface area contributed by atoms with Gasteiger partial charge in [0.15, 0.2) is 0 Å². The molecule has 1 fully saturated rings. The molecule has 0 saturated carbocycles. The minimum atomic E-state index is -0.888. The number of benzene rings is 1. The van der Waals surface area contributed by atoms with E-state index in [2.05, 4.69) is 0 Å².